The highest BCUT2D eigenvalue weighted by Gasteiger charge is 2.42. The number of fused-ring (bicyclic) bond motifs is 4. The number of aryl methyl sites for hydroxylation is 2. The normalized spacial score (nSPS) is 12.4. The van der Waals surface area contributed by atoms with Gasteiger partial charge in [0, 0.05) is 46.7 Å². The summed E-state index contributed by atoms with van der Waals surface area (Å²) in [6, 6.07) is 57.2. The first-order valence-electron chi connectivity index (χ1n) is 20.7. The number of rotatable bonds is 7. The van der Waals surface area contributed by atoms with Gasteiger partial charge in [-0.1, -0.05) is 109 Å². The minimum absolute atomic E-state index is 0.361. The molecule has 7 aromatic carbocycles. The molecule has 0 aliphatic carbocycles. The number of imide groups is 1. The summed E-state index contributed by atoms with van der Waals surface area (Å²) in [6.07, 6.45) is 7.42. The smallest absolute Gasteiger partial charge is 0.268 e. The second kappa shape index (κ2) is 14.8. The molecule has 6 nitrogen and oxygen atoms in total. The van der Waals surface area contributed by atoms with Crippen LogP contribution in [0.4, 0.5) is 5.69 Å². The summed E-state index contributed by atoms with van der Waals surface area (Å²) in [4.78, 5) is 40.8. The third kappa shape index (κ3) is 5.95. The summed E-state index contributed by atoms with van der Waals surface area (Å²) < 4.78 is 2.15. The summed E-state index contributed by atoms with van der Waals surface area (Å²) in [7, 11) is 0. The Bertz CT molecular complexity index is 3250. The van der Waals surface area contributed by atoms with E-state index < -0.39 is 0 Å². The topological polar surface area (TPSA) is 68.1 Å². The number of benzene rings is 7. The van der Waals surface area contributed by atoms with Crippen molar-refractivity contribution in [3.05, 3.63) is 217 Å². The van der Waals surface area contributed by atoms with Crippen LogP contribution in [0.2, 0.25) is 0 Å². The number of pyridine rings is 2. The van der Waals surface area contributed by atoms with Gasteiger partial charge in [-0.2, -0.15) is 0 Å². The molecule has 0 N–H and O–H groups in total. The molecule has 0 unspecified atom stereocenters. The zero-order chi connectivity index (χ0) is 41.9. The Balaban J connectivity index is 1.15. The van der Waals surface area contributed by atoms with Gasteiger partial charge >= 0.3 is 0 Å². The standard InChI is InChI=1S/C56H38N4O2/c1-35-33-57-27-25-43(35)40-21-23-50-48(29-40)49-30-41(44-26-28-58-34-36(44)2)22-24-51(49)59(50)52-20-12-19-45-53(52)56(62)60(55(45)61)54-46(38-15-8-4-9-16-38)31-42(37-13-6-3-7-14-37)32-47(54)39-17-10-5-11-18-39/h3-34H,1-2H3. The molecule has 0 fully saturated rings. The molecule has 62 heavy (non-hydrogen) atoms. The van der Waals surface area contributed by atoms with E-state index in [1.54, 1.807) is 6.07 Å². The quantitative estimate of drug-likeness (QED) is 0.151. The SMILES string of the molecule is Cc1cnccc1-c1ccc2c(c1)c1cc(-c3ccncc3C)ccc1n2-c1cccc2c1C(=O)N(c1c(-c3ccccc3)cc(-c3ccccc3)cc1-c1ccccc1)C2=O. The second-order valence-corrected chi connectivity index (χ2v) is 15.8. The molecule has 0 atom stereocenters. The van der Waals surface area contributed by atoms with Crippen LogP contribution in [-0.2, 0) is 0 Å². The number of hydrogen-bond acceptors (Lipinski definition) is 4. The van der Waals surface area contributed by atoms with Crippen LogP contribution in [0.15, 0.2) is 195 Å². The molecule has 6 heteroatoms. The van der Waals surface area contributed by atoms with Crippen LogP contribution >= 0.6 is 0 Å². The first-order valence-corrected chi connectivity index (χ1v) is 20.7. The molecule has 4 heterocycles. The molecule has 3 aromatic heterocycles. The summed E-state index contributed by atoms with van der Waals surface area (Å²) in [6.45, 7) is 4.15. The molecule has 0 saturated carbocycles. The molecule has 0 saturated heterocycles. The van der Waals surface area contributed by atoms with Crippen LogP contribution in [0.1, 0.15) is 31.8 Å². The Hall–Kier alpha value is -8.22. The lowest BCUT2D eigenvalue weighted by molar-refractivity contribution is 0.0926. The molecule has 11 rings (SSSR count). The lowest BCUT2D eigenvalue weighted by Gasteiger charge is -2.24. The number of aromatic nitrogens is 3. The van der Waals surface area contributed by atoms with Gasteiger partial charge in [0.2, 0.25) is 0 Å². The van der Waals surface area contributed by atoms with E-state index >= 15 is 9.59 Å². The van der Waals surface area contributed by atoms with Gasteiger partial charge in [0.1, 0.15) is 0 Å². The van der Waals surface area contributed by atoms with Gasteiger partial charge in [0.15, 0.2) is 0 Å². The van der Waals surface area contributed by atoms with E-state index in [0.29, 0.717) is 22.5 Å². The maximum absolute atomic E-state index is 15.6. The largest absolute Gasteiger partial charge is 0.308 e. The van der Waals surface area contributed by atoms with Gasteiger partial charge < -0.3 is 4.57 Å². The second-order valence-electron chi connectivity index (χ2n) is 15.8. The molecule has 0 radical (unpaired) electrons. The van der Waals surface area contributed by atoms with Crippen molar-refractivity contribution in [1.82, 2.24) is 14.5 Å². The molecule has 1 aliphatic heterocycles. The Morgan fingerprint density at radius 2 is 0.903 bits per heavy atom. The van der Waals surface area contributed by atoms with Crippen LogP contribution in [0.25, 0.3) is 83.1 Å². The van der Waals surface area contributed by atoms with Crippen molar-refractivity contribution in [1.29, 1.82) is 0 Å². The van der Waals surface area contributed by atoms with Crippen molar-refractivity contribution in [2.45, 2.75) is 13.8 Å². The van der Waals surface area contributed by atoms with Gasteiger partial charge in [-0.25, -0.2) is 4.90 Å². The number of nitrogens with zero attached hydrogens (tertiary/aromatic N) is 4. The number of amides is 2. The van der Waals surface area contributed by atoms with Crippen molar-refractivity contribution in [2.75, 3.05) is 4.90 Å². The fraction of sp³-hybridized carbons (Fsp3) is 0.0357. The van der Waals surface area contributed by atoms with Crippen molar-refractivity contribution in [3.8, 4) is 61.3 Å². The van der Waals surface area contributed by atoms with Crippen LogP contribution in [0.3, 0.4) is 0 Å². The summed E-state index contributed by atoms with van der Waals surface area (Å²) >= 11 is 0. The lowest BCUT2D eigenvalue weighted by Crippen LogP contribution is -2.30. The first kappa shape index (κ1) is 36.8. The molecular formula is C56H38N4O2. The van der Waals surface area contributed by atoms with Gasteiger partial charge in [0.25, 0.3) is 11.8 Å². The maximum atomic E-state index is 15.6. The van der Waals surface area contributed by atoms with Crippen LogP contribution in [-0.4, -0.2) is 26.3 Å². The average Bonchev–Trinajstić information content (AvgIpc) is 3.78. The summed E-state index contributed by atoms with van der Waals surface area (Å²) in [5, 5.41) is 2.06. The number of carbonyl (C=O) groups excluding carboxylic acids is 2. The van der Waals surface area contributed by atoms with E-state index in [-0.39, 0.29) is 11.8 Å². The van der Waals surface area contributed by atoms with E-state index in [2.05, 4.69) is 89.0 Å². The van der Waals surface area contributed by atoms with Gasteiger partial charge in [-0.15, -0.1) is 0 Å². The number of anilines is 1. The molecule has 10 aromatic rings. The summed E-state index contributed by atoms with van der Waals surface area (Å²) in [5.74, 6) is -0.731. The predicted molar refractivity (Wildman–Crippen MR) is 251 cm³/mol. The lowest BCUT2D eigenvalue weighted by atomic mass is 9.90. The van der Waals surface area contributed by atoms with Crippen molar-refractivity contribution in [2.24, 2.45) is 0 Å². The van der Waals surface area contributed by atoms with E-state index in [1.165, 1.54) is 4.90 Å². The molecule has 0 bridgehead atoms. The Kier molecular flexibility index (Phi) is 8.79. The zero-order valence-electron chi connectivity index (χ0n) is 34.1. The predicted octanol–water partition coefficient (Wildman–Crippen LogP) is 13.3. The Morgan fingerprint density at radius 3 is 1.40 bits per heavy atom. The van der Waals surface area contributed by atoms with Gasteiger partial charge in [0.05, 0.1) is 33.5 Å². The molecule has 294 valence electrons. The van der Waals surface area contributed by atoms with E-state index in [1.807, 2.05) is 128 Å². The van der Waals surface area contributed by atoms with E-state index in [0.717, 1.165) is 88.6 Å². The Morgan fingerprint density at radius 1 is 0.403 bits per heavy atom. The summed E-state index contributed by atoms with van der Waals surface area (Å²) in [5.41, 5.74) is 15.7. The van der Waals surface area contributed by atoms with Crippen LogP contribution in [0, 0.1) is 13.8 Å². The van der Waals surface area contributed by atoms with Gasteiger partial charge in [-0.3, -0.25) is 19.6 Å². The third-order valence-corrected chi connectivity index (χ3v) is 12.2. The monoisotopic (exact) mass is 798 g/mol. The van der Waals surface area contributed by atoms with Crippen molar-refractivity contribution < 1.29 is 9.59 Å². The maximum Gasteiger partial charge on any atom is 0.268 e. The molecule has 0 spiro atoms. The van der Waals surface area contributed by atoms with E-state index in [9.17, 15) is 0 Å². The zero-order valence-corrected chi connectivity index (χ0v) is 34.1. The number of hydrogen-bond donors (Lipinski definition) is 0. The average molecular weight is 799 g/mol. The van der Waals surface area contributed by atoms with Crippen LogP contribution < -0.4 is 4.90 Å². The van der Waals surface area contributed by atoms with Gasteiger partial charge in [-0.05, 0) is 130 Å². The molecule has 2 amide bonds. The number of carbonyl (C=O) groups is 2. The third-order valence-electron chi connectivity index (χ3n) is 12.2. The van der Waals surface area contributed by atoms with Crippen molar-refractivity contribution in [3.63, 3.8) is 0 Å². The molecule has 1 aliphatic rings. The van der Waals surface area contributed by atoms with Crippen molar-refractivity contribution >= 4 is 39.3 Å². The molecular weight excluding hydrogens is 761 g/mol. The first-order chi connectivity index (χ1) is 30.4. The highest BCUT2D eigenvalue weighted by atomic mass is 16.2. The fourth-order valence-electron chi connectivity index (χ4n) is 9.22. The fourth-order valence-corrected chi connectivity index (χ4v) is 9.22. The minimum atomic E-state index is -0.370. The van der Waals surface area contributed by atoms with E-state index in [4.69, 9.17) is 0 Å². The Labute approximate surface area is 359 Å². The highest BCUT2D eigenvalue weighted by molar-refractivity contribution is 6.37. The van der Waals surface area contributed by atoms with Crippen LogP contribution in [0.5, 0.6) is 0 Å². The highest BCUT2D eigenvalue weighted by Crippen LogP contribution is 2.47. The minimum Gasteiger partial charge on any atom is -0.308 e.